The number of aromatic nitrogens is 2. The average molecular weight is 266 g/mol. The summed E-state index contributed by atoms with van der Waals surface area (Å²) < 4.78 is 5.22. The van der Waals surface area contributed by atoms with Crippen molar-refractivity contribution in [2.24, 2.45) is 0 Å². The van der Waals surface area contributed by atoms with Crippen molar-refractivity contribution in [3.05, 3.63) is 72.1 Å². The first-order chi connectivity index (χ1) is 9.83. The Kier molecular flexibility index (Phi) is 3.56. The van der Waals surface area contributed by atoms with Crippen molar-refractivity contribution in [2.45, 2.75) is 12.5 Å². The predicted molar refractivity (Wildman–Crippen MR) is 74.8 cm³/mol. The highest BCUT2D eigenvalue weighted by Crippen LogP contribution is 2.20. The molecule has 20 heavy (non-hydrogen) atoms. The SMILES string of the molecule is OC(Cc1noc(-c2ccccc2)n1)c1ccccc1. The standard InChI is InChI=1S/C16H14N2O2/c19-14(12-7-3-1-4-8-12)11-15-17-16(20-18-15)13-9-5-2-6-10-13/h1-10,14,19H,11H2. The van der Waals surface area contributed by atoms with Crippen LogP contribution in [0.4, 0.5) is 0 Å². The number of rotatable bonds is 4. The Bertz CT molecular complexity index is 665. The van der Waals surface area contributed by atoms with Crippen molar-refractivity contribution in [3.63, 3.8) is 0 Å². The van der Waals surface area contributed by atoms with E-state index in [1.165, 1.54) is 0 Å². The molecule has 4 nitrogen and oxygen atoms in total. The normalized spacial score (nSPS) is 12.2. The Labute approximate surface area is 116 Å². The molecule has 1 unspecified atom stereocenters. The third-order valence-corrected chi connectivity index (χ3v) is 3.05. The van der Waals surface area contributed by atoms with Gasteiger partial charge in [0.2, 0.25) is 0 Å². The first-order valence-corrected chi connectivity index (χ1v) is 6.44. The summed E-state index contributed by atoms with van der Waals surface area (Å²) >= 11 is 0. The lowest BCUT2D eigenvalue weighted by Gasteiger charge is -2.07. The smallest absolute Gasteiger partial charge is 0.257 e. The van der Waals surface area contributed by atoms with E-state index < -0.39 is 6.10 Å². The number of aliphatic hydroxyl groups is 1. The van der Waals surface area contributed by atoms with Crippen LogP contribution in [-0.4, -0.2) is 15.2 Å². The van der Waals surface area contributed by atoms with Crippen LogP contribution in [0.2, 0.25) is 0 Å². The summed E-state index contributed by atoms with van der Waals surface area (Å²) in [4.78, 5) is 4.31. The fraction of sp³-hybridized carbons (Fsp3) is 0.125. The van der Waals surface area contributed by atoms with E-state index in [1.807, 2.05) is 60.7 Å². The van der Waals surface area contributed by atoms with Crippen LogP contribution >= 0.6 is 0 Å². The third-order valence-electron chi connectivity index (χ3n) is 3.05. The Morgan fingerprint density at radius 2 is 1.60 bits per heavy atom. The maximum atomic E-state index is 10.1. The molecular formula is C16H14N2O2. The molecule has 1 atom stereocenters. The predicted octanol–water partition coefficient (Wildman–Crippen LogP) is 3.01. The van der Waals surface area contributed by atoms with E-state index in [0.29, 0.717) is 18.1 Å². The Hall–Kier alpha value is -2.46. The van der Waals surface area contributed by atoms with E-state index in [4.69, 9.17) is 4.52 Å². The lowest BCUT2D eigenvalue weighted by atomic mass is 10.1. The van der Waals surface area contributed by atoms with Crippen LogP contribution in [0, 0.1) is 0 Å². The minimum atomic E-state index is -0.627. The number of benzene rings is 2. The molecule has 0 radical (unpaired) electrons. The highest BCUT2D eigenvalue weighted by Gasteiger charge is 2.14. The van der Waals surface area contributed by atoms with Crippen LogP contribution in [0.3, 0.4) is 0 Å². The van der Waals surface area contributed by atoms with Gasteiger partial charge in [0.05, 0.1) is 6.10 Å². The van der Waals surface area contributed by atoms with Gasteiger partial charge in [0.15, 0.2) is 5.82 Å². The molecule has 1 N–H and O–H groups in total. The van der Waals surface area contributed by atoms with Crippen LogP contribution in [0.25, 0.3) is 11.5 Å². The molecule has 0 aliphatic carbocycles. The highest BCUT2D eigenvalue weighted by atomic mass is 16.5. The van der Waals surface area contributed by atoms with Crippen LogP contribution in [0.5, 0.6) is 0 Å². The number of aliphatic hydroxyl groups excluding tert-OH is 1. The second-order valence-corrected chi connectivity index (χ2v) is 4.51. The van der Waals surface area contributed by atoms with Gasteiger partial charge >= 0.3 is 0 Å². The summed E-state index contributed by atoms with van der Waals surface area (Å²) in [5.74, 6) is 0.973. The van der Waals surface area contributed by atoms with E-state index in [0.717, 1.165) is 11.1 Å². The van der Waals surface area contributed by atoms with E-state index in [9.17, 15) is 5.11 Å². The first kappa shape index (κ1) is 12.6. The molecule has 4 heteroatoms. The molecule has 0 fully saturated rings. The first-order valence-electron chi connectivity index (χ1n) is 6.44. The van der Waals surface area contributed by atoms with Gasteiger partial charge in [0, 0.05) is 12.0 Å². The Morgan fingerprint density at radius 1 is 0.950 bits per heavy atom. The Morgan fingerprint density at radius 3 is 2.30 bits per heavy atom. The van der Waals surface area contributed by atoms with Gasteiger partial charge in [-0.3, -0.25) is 0 Å². The van der Waals surface area contributed by atoms with Gasteiger partial charge in [-0.05, 0) is 17.7 Å². The van der Waals surface area contributed by atoms with Gasteiger partial charge in [-0.1, -0.05) is 53.7 Å². The van der Waals surface area contributed by atoms with Crippen LogP contribution in [0.1, 0.15) is 17.5 Å². The van der Waals surface area contributed by atoms with E-state index in [-0.39, 0.29) is 0 Å². The summed E-state index contributed by atoms with van der Waals surface area (Å²) in [6.45, 7) is 0. The van der Waals surface area contributed by atoms with Gasteiger partial charge in [-0.2, -0.15) is 4.98 Å². The molecule has 0 aliphatic heterocycles. The molecule has 0 saturated heterocycles. The molecule has 100 valence electrons. The van der Waals surface area contributed by atoms with Crippen molar-refractivity contribution in [1.82, 2.24) is 10.1 Å². The van der Waals surface area contributed by atoms with Gasteiger partial charge in [0.25, 0.3) is 5.89 Å². The molecule has 0 aliphatic rings. The molecular weight excluding hydrogens is 252 g/mol. The quantitative estimate of drug-likeness (QED) is 0.788. The molecule has 1 aromatic heterocycles. The zero-order valence-electron chi connectivity index (χ0n) is 10.8. The summed E-state index contributed by atoms with van der Waals surface area (Å²) in [6.07, 6.45) is -0.294. The molecule has 3 aromatic rings. The van der Waals surface area contributed by atoms with Crippen molar-refractivity contribution in [3.8, 4) is 11.5 Å². The lowest BCUT2D eigenvalue weighted by molar-refractivity contribution is 0.174. The summed E-state index contributed by atoms with van der Waals surface area (Å²) in [5, 5.41) is 14.0. The number of nitrogens with zero attached hydrogens (tertiary/aromatic N) is 2. The zero-order chi connectivity index (χ0) is 13.8. The fourth-order valence-electron chi connectivity index (χ4n) is 2.00. The van der Waals surface area contributed by atoms with E-state index >= 15 is 0 Å². The summed E-state index contributed by atoms with van der Waals surface area (Å²) in [5.41, 5.74) is 1.72. The number of hydrogen-bond acceptors (Lipinski definition) is 4. The minimum Gasteiger partial charge on any atom is -0.388 e. The Balaban J connectivity index is 1.75. The van der Waals surface area contributed by atoms with E-state index in [1.54, 1.807) is 0 Å². The van der Waals surface area contributed by atoms with Crippen LogP contribution in [-0.2, 0) is 6.42 Å². The monoisotopic (exact) mass is 266 g/mol. The number of hydrogen-bond donors (Lipinski definition) is 1. The molecule has 2 aromatic carbocycles. The van der Waals surface area contributed by atoms with Crippen LogP contribution in [0.15, 0.2) is 65.2 Å². The summed E-state index contributed by atoms with van der Waals surface area (Å²) in [6, 6.07) is 19.0. The topological polar surface area (TPSA) is 59.2 Å². The third kappa shape index (κ3) is 2.75. The second kappa shape index (κ2) is 5.67. The van der Waals surface area contributed by atoms with Gasteiger partial charge in [-0.15, -0.1) is 0 Å². The summed E-state index contributed by atoms with van der Waals surface area (Å²) in [7, 11) is 0. The molecule has 0 spiro atoms. The van der Waals surface area contributed by atoms with E-state index in [2.05, 4.69) is 10.1 Å². The highest BCUT2D eigenvalue weighted by molar-refractivity contribution is 5.51. The minimum absolute atomic E-state index is 0.334. The van der Waals surface area contributed by atoms with Crippen LogP contribution < -0.4 is 0 Å². The van der Waals surface area contributed by atoms with Gasteiger partial charge < -0.3 is 9.63 Å². The zero-order valence-corrected chi connectivity index (χ0v) is 10.8. The lowest BCUT2D eigenvalue weighted by Crippen LogP contribution is -2.02. The fourth-order valence-corrected chi connectivity index (χ4v) is 2.00. The molecule has 3 rings (SSSR count). The molecule has 1 heterocycles. The molecule has 0 bridgehead atoms. The maximum absolute atomic E-state index is 10.1. The van der Waals surface area contributed by atoms with Gasteiger partial charge in [0.1, 0.15) is 0 Å². The second-order valence-electron chi connectivity index (χ2n) is 4.51. The van der Waals surface area contributed by atoms with Crippen molar-refractivity contribution in [1.29, 1.82) is 0 Å². The van der Waals surface area contributed by atoms with Crippen molar-refractivity contribution in [2.75, 3.05) is 0 Å². The average Bonchev–Trinajstić information content (AvgIpc) is 2.97. The van der Waals surface area contributed by atoms with Gasteiger partial charge in [-0.25, -0.2) is 0 Å². The molecule has 0 saturated carbocycles. The van der Waals surface area contributed by atoms with Crippen molar-refractivity contribution >= 4 is 0 Å². The maximum Gasteiger partial charge on any atom is 0.257 e. The van der Waals surface area contributed by atoms with Crippen molar-refractivity contribution < 1.29 is 9.63 Å². The molecule has 0 amide bonds. The largest absolute Gasteiger partial charge is 0.388 e.